The number of aryl methyl sites for hydroxylation is 1. The molecular weight excluding hydrogens is 464 g/mol. The predicted octanol–water partition coefficient (Wildman–Crippen LogP) is 3.48. The van der Waals surface area contributed by atoms with Crippen LogP contribution in [-0.4, -0.2) is 43.4 Å². The van der Waals surface area contributed by atoms with Crippen molar-refractivity contribution in [2.75, 3.05) is 20.3 Å². The number of rotatable bonds is 7. The first-order valence-electron chi connectivity index (χ1n) is 13.5. The first-order valence-corrected chi connectivity index (χ1v) is 13.5. The van der Waals surface area contributed by atoms with Crippen molar-refractivity contribution in [1.82, 2.24) is 10.3 Å². The molecule has 4 heterocycles. The Kier molecular flexibility index (Phi) is 6.86. The maximum atomic E-state index is 9.75. The SMILES string of the molecule is COc1ccc2ncc(C#N)c(CCC3CC4CC(NCc5ccc6c(c5)OCCO6)CC(C3)[NH2+]4)c2c1. The highest BCUT2D eigenvalue weighted by Gasteiger charge is 2.38. The summed E-state index contributed by atoms with van der Waals surface area (Å²) in [5, 5.41) is 17.2. The molecule has 6 rings (SSSR count). The Morgan fingerprint density at radius 3 is 2.65 bits per heavy atom. The van der Waals surface area contributed by atoms with Crippen LogP contribution in [0.4, 0.5) is 0 Å². The van der Waals surface area contributed by atoms with Crippen LogP contribution in [0.3, 0.4) is 0 Å². The number of nitrogens with one attached hydrogen (secondary N) is 1. The molecule has 0 amide bonds. The third-order valence-corrected chi connectivity index (χ3v) is 8.30. The zero-order valence-corrected chi connectivity index (χ0v) is 21.4. The van der Waals surface area contributed by atoms with Gasteiger partial charge in [0.05, 0.1) is 30.3 Å². The van der Waals surface area contributed by atoms with Gasteiger partial charge in [-0.2, -0.15) is 5.26 Å². The van der Waals surface area contributed by atoms with E-state index in [-0.39, 0.29) is 0 Å². The van der Waals surface area contributed by atoms with E-state index in [2.05, 4.69) is 33.8 Å². The molecule has 2 saturated heterocycles. The van der Waals surface area contributed by atoms with Gasteiger partial charge in [0.15, 0.2) is 11.5 Å². The summed E-state index contributed by atoms with van der Waals surface area (Å²) in [6.07, 6.45) is 8.64. The van der Waals surface area contributed by atoms with Crippen LogP contribution in [0, 0.1) is 17.2 Å². The molecule has 37 heavy (non-hydrogen) atoms. The number of piperidine rings is 2. The topological polar surface area (TPSA) is 93.0 Å². The number of methoxy groups -OCH3 is 1. The predicted molar refractivity (Wildman–Crippen MR) is 141 cm³/mol. The molecule has 0 aliphatic carbocycles. The maximum Gasteiger partial charge on any atom is 0.161 e. The molecule has 3 aromatic rings. The average Bonchev–Trinajstić information content (AvgIpc) is 2.93. The molecule has 3 aliphatic rings. The van der Waals surface area contributed by atoms with Gasteiger partial charge in [0.2, 0.25) is 0 Å². The summed E-state index contributed by atoms with van der Waals surface area (Å²) in [6.45, 7) is 2.11. The fraction of sp³-hybridized carbons (Fsp3) is 0.467. The van der Waals surface area contributed by atoms with E-state index >= 15 is 0 Å². The van der Waals surface area contributed by atoms with Crippen molar-refractivity contribution in [3.8, 4) is 23.3 Å². The monoisotopic (exact) mass is 499 g/mol. The molecule has 192 valence electrons. The largest absolute Gasteiger partial charge is 0.497 e. The first-order chi connectivity index (χ1) is 18.2. The van der Waals surface area contributed by atoms with Gasteiger partial charge in [0.25, 0.3) is 0 Å². The summed E-state index contributed by atoms with van der Waals surface area (Å²) in [7, 11) is 1.68. The molecule has 2 bridgehead atoms. The Morgan fingerprint density at radius 1 is 1.05 bits per heavy atom. The molecule has 1 aromatic heterocycles. The summed E-state index contributed by atoms with van der Waals surface area (Å²) in [5.41, 5.74) is 3.98. The molecule has 0 saturated carbocycles. The number of aromatic nitrogens is 1. The van der Waals surface area contributed by atoms with E-state index in [4.69, 9.17) is 14.2 Å². The van der Waals surface area contributed by atoms with Gasteiger partial charge in [-0.25, -0.2) is 0 Å². The van der Waals surface area contributed by atoms with Crippen LogP contribution in [0.5, 0.6) is 17.2 Å². The van der Waals surface area contributed by atoms with E-state index in [0.29, 0.717) is 42.8 Å². The number of pyridine rings is 1. The number of nitrogens with zero attached hydrogens (tertiary/aromatic N) is 2. The van der Waals surface area contributed by atoms with Crippen molar-refractivity contribution < 1.29 is 19.5 Å². The van der Waals surface area contributed by atoms with Gasteiger partial charge in [0.1, 0.15) is 25.0 Å². The van der Waals surface area contributed by atoms with Gasteiger partial charge in [0, 0.05) is 49.9 Å². The molecule has 2 fully saturated rings. The molecule has 3 aliphatic heterocycles. The third kappa shape index (κ3) is 5.22. The second-order valence-corrected chi connectivity index (χ2v) is 10.8. The quantitative estimate of drug-likeness (QED) is 0.517. The summed E-state index contributed by atoms with van der Waals surface area (Å²) in [5.74, 6) is 3.21. The molecule has 2 unspecified atom stereocenters. The molecule has 2 atom stereocenters. The number of ether oxygens (including phenoxy) is 3. The highest BCUT2D eigenvalue weighted by Crippen LogP contribution is 2.33. The first kappa shape index (κ1) is 24.0. The summed E-state index contributed by atoms with van der Waals surface area (Å²) < 4.78 is 16.8. The second-order valence-electron chi connectivity index (χ2n) is 10.8. The lowest BCUT2D eigenvalue weighted by molar-refractivity contribution is -0.741. The number of hydrogen-bond acceptors (Lipinski definition) is 6. The van der Waals surface area contributed by atoms with Crippen LogP contribution in [0.2, 0.25) is 0 Å². The number of benzene rings is 2. The minimum Gasteiger partial charge on any atom is -0.497 e. The summed E-state index contributed by atoms with van der Waals surface area (Å²) in [6, 6.07) is 16.5. The number of nitrogens with two attached hydrogens (primary N) is 1. The molecule has 3 N–H and O–H groups in total. The average molecular weight is 500 g/mol. The van der Waals surface area contributed by atoms with E-state index in [0.717, 1.165) is 53.1 Å². The number of nitriles is 1. The van der Waals surface area contributed by atoms with E-state index < -0.39 is 0 Å². The molecule has 0 spiro atoms. The van der Waals surface area contributed by atoms with Crippen molar-refractivity contribution in [3.05, 3.63) is 59.3 Å². The number of hydrogen-bond donors (Lipinski definition) is 2. The molecule has 7 nitrogen and oxygen atoms in total. The maximum absolute atomic E-state index is 9.75. The van der Waals surface area contributed by atoms with E-state index in [1.807, 2.05) is 24.3 Å². The zero-order chi connectivity index (χ0) is 25.2. The smallest absolute Gasteiger partial charge is 0.161 e. The van der Waals surface area contributed by atoms with E-state index in [9.17, 15) is 5.26 Å². The van der Waals surface area contributed by atoms with Crippen molar-refractivity contribution in [2.45, 2.75) is 63.2 Å². The zero-order valence-electron chi connectivity index (χ0n) is 21.4. The van der Waals surface area contributed by atoms with Gasteiger partial charge < -0.3 is 24.8 Å². The number of quaternary nitrogens is 1. The van der Waals surface area contributed by atoms with Gasteiger partial charge in [-0.1, -0.05) is 6.07 Å². The van der Waals surface area contributed by atoms with Crippen molar-refractivity contribution >= 4 is 10.9 Å². The van der Waals surface area contributed by atoms with Crippen LogP contribution < -0.4 is 24.8 Å². The highest BCUT2D eigenvalue weighted by molar-refractivity contribution is 5.85. The van der Waals surface area contributed by atoms with Crippen molar-refractivity contribution in [3.63, 3.8) is 0 Å². The van der Waals surface area contributed by atoms with Crippen LogP contribution in [0.1, 0.15) is 48.8 Å². The Balaban J connectivity index is 1.06. The van der Waals surface area contributed by atoms with Crippen LogP contribution in [0.15, 0.2) is 42.6 Å². The van der Waals surface area contributed by atoms with E-state index in [1.54, 1.807) is 13.3 Å². The Hall–Kier alpha value is -3.34. The minimum absolute atomic E-state index is 0.552. The molecular formula is C30H35N4O3+. The third-order valence-electron chi connectivity index (χ3n) is 8.30. The fourth-order valence-electron chi connectivity index (χ4n) is 6.60. The van der Waals surface area contributed by atoms with Gasteiger partial charge >= 0.3 is 0 Å². The van der Waals surface area contributed by atoms with Crippen LogP contribution >= 0.6 is 0 Å². The lowest BCUT2D eigenvalue weighted by Crippen LogP contribution is -2.99. The summed E-state index contributed by atoms with van der Waals surface area (Å²) >= 11 is 0. The van der Waals surface area contributed by atoms with Gasteiger partial charge in [-0.05, 0) is 60.2 Å². The Labute approximate surface area is 218 Å². The van der Waals surface area contributed by atoms with Gasteiger partial charge in [-0.3, -0.25) is 4.98 Å². The fourth-order valence-corrected chi connectivity index (χ4v) is 6.60. The molecule has 2 aromatic carbocycles. The Morgan fingerprint density at radius 2 is 1.86 bits per heavy atom. The van der Waals surface area contributed by atoms with Crippen molar-refractivity contribution in [1.29, 1.82) is 5.26 Å². The minimum atomic E-state index is 0.552. The van der Waals surface area contributed by atoms with E-state index in [1.165, 1.54) is 31.2 Å². The number of fused-ring (bicyclic) bond motifs is 4. The van der Waals surface area contributed by atoms with Crippen LogP contribution in [-0.2, 0) is 13.0 Å². The Bertz CT molecular complexity index is 1310. The lowest BCUT2D eigenvalue weighted by Gasteiger charge is -2.41. The van der Waals surface area contributed by atoms with Crippen molar-refractivity contribution in [2.24, 2.45) is 5.92 Å². The normalized spacial score (nSPS) is 24.4. The van der Waals surface area contributed by atoms with Crippen LogP contribution in [0.25, 0.3) is 10.9 Å². The standard InChI is InChI=1S/C30H34N4O3/c1-35-25-4-6-28-27(15-25)26(21(16-31)18-33-28)5-2-19-10-23-13-22(14-24(11-19)34-23)32-17-20-3-7-29-30(12-20)37-9-8-36-29/h3-4,6-7,12,15,18-19,22-24,32,34H,2,5,8-11,13-14,17H2,1H3/p+1. The summed E-state index contributed by atoms with van der Waals surface area (Å²) in [4.78, 5) is 4.49. The lowest BCUT2D eigenvalue weighted by atomic mass is 9.76. The molecule has 0 radical (unpaired) electrons. The van der Waals surface area contributed by atoms with Gasteiger partial charge in [-0.15, -0.1) is 0 Å². The second kappa shape index (κ2) is 10.6. The molecule has 7 heteroatoms. The highest BCUT2D eigenvalue weighted by atomic mass is 16.6.